The fourth-order valence-electron chi connectivity index (χ4n) is 3.08. The summed E-state index contributed by atoms with van der Waals surface area (Å²) in [4.78, 5) is 40.2. The molecular formula is C22H21BrN4O6. The van der Waals surface area contributed by atoms with Gasteiger partial charge in [0.15, 0.2) is 6.10 Å². The molecule has 0 saturated carbocycles. The van der Waals surface area contributed by atoms with Crippen LogP contribution in [0.15, 0.2) is 50.8 Å². The number of nitro groups is 1. The second kappa shape index (κ2) is 10.3. The Balaban J connectivity index is 2.13. The molecule has 11 heteroatoms. The topological polar surface area (TPSA) is 126 Å². The van der Waals surface area contributed by atoms with Crippen LogP contribution in [-0.2, 0) is 16.0 Å². The molecule has 172 valence electrons. The van der Waals surface area contributed by atoms with E-state index in [-0.39, 0.29) is 22.6 Å². The van der Waals surface area contributed by atoms with Crippen molar-refractivity contribution in [3.63, 3.8) is 0 Å². The number of hydrogen-bond acceptors (Lipinski definition) is 8. The van der Waals surface area contributed by atoms with Crippen LogP contribution in [0.5, 0.6) is 5.75 Å². The maximum absolute atomic E-state index is 13.2. The Labute approximate surface area is 197 Å². The first-order chi connectivity index (χ1) is 15.7. The number of esters is 1. The van der Waals surface area contributed by atoms with Crippen LogP contribution in [-0.4, -0.2) is 40.0 Å². The normalized spacial score (nSPS) is 12.1. The number of aromatic nitrogens is 2. The van der Waals surface area contributed by atoms with Crippen molar-refractivity contribution in [2.24, 2.45) is 5.10 Å². The van der Waals surface area contributed by atoms with Gasteiger partial charge in [-0.25, -0.2) is 9.78 Å². The van der Waals surface area contributed by atoms with Gasteiger partial charge in [-0.2, -0.15) is 9.78 Å². The zero-order valence-corrected chi connectivity index (χ0v) is 19.7. The molecule has 1 aromatic heterocycles. The summed E-state index contributed by atoms with van der Waals surface area (Å²) in [6.45, 7) is 3.44. The zero-order chi connectivity index (χ0) is 24.1. The predicted octanol–water partition coefficient (Wildman–Crippen LogP) is 3.84. The number of nitro benzene ring substituents is 1. The lowest BCUT2D eigenvalue weighted by atomic mass is 10.2. The van der Waals surface area contributed by atoms with Crippen LogP contribution in [0.4, 0.5) is 5.69 Å². The van der Waals surface area contributed by atoms with E-state index in [0.29, 0.717) is 23.1 Å². The molecule has 0 N–H and O–H groups in total. The van der Waals surface area contributed by atoms with Gasteiger partial charge in [0.05, 0.1) is 29.2 Å². The molecule has 0 saturated heterocycles. The van der Waals surface area contributed by atoms with Gasteiger partial charge in [0, 0.05) is 28.6 Å². The summed E-state index contributed by atoms with van der Waals surface area (Å²) in [5, 5.41) is 15.9. The van der Waals surface area contributed by atoms with Crippen molar-refractivity contribution in [1.29, 1.82) is 0 Å². The second-order valence-corrected chi connectivity index (χ2v) is 7.98. The maximum Gasteiger partial charge on any atom is 0.346 e. The number of nitrogens with zero attached hydrogens (tertiary/aromatic N) is 4. The average Bonchev–Trinajstić information content (AvgIpc) is 2.79. The number of carbonyl (C=O) groups excluding carboxylic acids is 1. The van der Waals surface area contributed by atoms with E-state index in [1.165, 1.54) is 43.1 Å². The van der Waals surface area contributed by atoms with Gasteiger partial charge in [-0.1, -0.05) is 22.9 Å². The molecule has 3 rings (SSSR count). The zero-order valence-electron chi connectivity index (χ0n) is 18.1. The summed E-state index contributed by atoms with van der Waals surface area (Å²) in [7, 11) is 1.23. The smallest absolute Gasteiger partial charge is 0.346 e. The Hall–Kier alpha value is -3.60. The molecule has 0 bridgehead atoms. The number of rotatable bonds is 8. The highest BCUT2D eigenvalue weighted by atomic mass is 79.9. The predicted molar refractivity (Wildman–Crippen MR) is 126 cm³/mol. The van der Waals surface area contributed by atoms with E-state index in [9.17, 15) is 19.7 Å². The summed E-state index contributed by atoms with van der Waals surface area (Å²) in [6, 6.07) is 9.07. The second-order valence-electron chi connectivity index (χ2n) is 7.06. The molecule has 0 amide bonds. The molecule has 10 nitrogen and oxygen atoms in total. The van der Waals surface area contributed by atoms with Crippen LogP contribution in [0.25, 0.3) is 10.9 Å². The van der Waals surface area contributed by atoms with Crippen molar-refractivity contribution >= 4 is 44.7 Å². The molecular weight excluding hydrogens is 496 g/mol. The van der Waals surface area contributed by atoms with E-state index in [4.69, 9.17) is 4.74 Å². The van der Waals surface area contributed by atoms with Crippen molar-refractivity contribution in [2.45, 2.75) is 32.8 Å². The molecule has 33 heavy (non-hydrogen) atoms. The molecule has 0 aliphatic carbocycles. The number of non-ortho nitro benzene ring substituents is 1. The first-order valence-corrected chi connectivity index (χ1v) is 10.8. The Bertz CT molecular complexity index is 1300. The summed E-state index contributed by atoms with van der Waals surface area (Å²) in [5.41, 5.74) is 0.182. The van der Waals surface area contributed by atoms with Crippen LogP contribution in [0.1, 0.15) is 31.7 Å². The maximum atomic E-state index is 13.2. The summed E-state index contributed by atoms with van der Waals surface area (Å²) < 4.78 is 12.2. The minimum absolute atomic E-state index is 0.170. The first-order valence-electron chi connectivity index (χ1n) is 10.0. The van der Waals surface area contributed by atoms with E-state index >= 15 is 0 Å². The third-order valence-corrected chi connectivity index (χ3v) is 5.20. The van der Waals surface area contributed by atoms with Gasteiger partial charge >= 0.3 is 5.97 Å². The number of carbonyl (C=O) groups is 1. The lowest BCUT2D eigenvalue weighted by Crippen LogP contribution is -2.25. The Morgan fingerprint density at radius 3 is 2.76 bits per heavy atom. The Morgan fingerprint density at radius 1 is 1.33 bits per heavy atom. The number of halogens is 1. The van der Waals surface area contributed by atoms with Crippen molar-refractivity contribution in [3.05, 3.63) is 72.7 Å². The average molecular weight is 517 g/mol. The standard InChI is InChI=1S/C22H21BrN4O6/c1-4-5-20-25-18-8-6-15(23)11-17(18)21(28)26(20)24-12-14-10-16(27(30)31)7-9-19(14)33-13(2)22(29)32-3/h6-13H,4-5H2,1-3H3/t13-/m1/s1. The van der Waals surface area contributed by atoms with Crippen molar-refractivity contribution < 1.29 is 19.2 Å². The Morgan fingerprint density at radius 2 is 2.09 bits per heavy atom. The van der Waals surface area contributed by atoms with Gasteiger partial charge in [-0.3, -0.25) is 14.9 Å². The number of fused-ring (bicyclic) bond motifs is 1. The van der Waals surface area contributed by atoms with Crippen molar-refractivity contribution in [3.8, 4) is 5.75 Å². The van der Waals surface area contributed by atoms with Gasteiger partial charge in [-0.05, 0) is 37.6 Å². The number of ether oxygens (including phenoxy) is 2. The molecule has 0 aliphatic rings. The molecule has 0 spiro atoms. The van der Waals surface area contributed by atoms with Gasteiger partial charge < -0.3 is 9.47 Å². The largest absolute Gasteiger partial charge is 0.478 e. The summed E-state index contributed by atoms with van der Waals surface area (Å²) >= 11 is 3.36. The molecule has 0 aliphatic heterocycles. The van der Waals surface area contributed by atoms with E-state index in [1.54, 1.807) is 18.2 Å². The molecule has 2 aromatic carbocycles. The molecule has 0 fully saturated rings. The number of hydrogen-bond donors (Lipinski definition) is 0. The van der Waals surface area contributed by atoms with E-state index in [2.05, 4.69) is 30.8 Å². The van der Waals surface area contributed by atoms with Crippen molar-refractivity contribution in [2.75, 3.05) is 7.11 Å². The minimum atomic E-state index is -0.957. The first kappa shape index (κ1) is 24.1. The molecule has 3 aromatic rings. The molecule has 0 radical (unpaired) electrons. The lowest BCUT2D eigenvalue weighted by molar-refractivity contribution is -0.384. The molecule has 1 atom stereocenters. The van der Waals surface area contributed by atoms with Crippen LogP contribution < -0.4 is 10.3 Å². The highest BCUT2D eigenvalue weighted by Crippen LogP contribution is 2.24. The number of benzene rings is 2. The van der Waals surface area contributed by atoms with E-state index in [0.717, 1.165) is 10.9 Å². The van der Waals surface area contributed by atoms with Gasteiger partial charge in [0.25, 0.3) is 11.2 Å². The van der Waals surface area contributed by atoms with Gasteiger partial charge in [-0.15, -0.1) is 0 Å². The van der Waals surface area contributed by atoms with E-state index in [1.807, 2.05) is 6.92 Å². The van der Waals surface area contributed by atoms with Crippen LogP contribution in [0.2, 0.25) is 0 Å². The van der Waals surface area contributed by atoms with Crippen molar-refractivity contribution in [1.82, 2.24) is 9.66 Å². The number of methoxy groups -OCH3 is 1. The van der Waals surface area contributed by atoms with Crippen LogP contribution >= 0.6 is 15.9 Å². The number of aryl methyl sites for hydroxylation is 1. The SMILES string of the molecule is CCCc1nc2ccc(Br)cc2c(=O)n1N=Cc1cc([N+](=O)[O-])ccc1O[C@H](C)C(=O)OC. The van der Waals surface area contributed by atoms with E-state index < -0.39 is 17.0 Å². The summed E-state index contributed by atoms with van der Waals surface area (Å²) in [6.07, 6.45) is 1.54. The third-order valence-electron chi connectivity index (χ3n) is 4.70. The highest BCUT2D eigenvalue weighted by Gasteiger charge is 2.19. The van der Waals surface area contributed by atoms with Crippen LogP contribution in [0, 0.1) is 10.1 Å². The Kier molecular flexibility index (Phi) is 7.54. The van der Waals surface area contributed by atoms with Crippen LogP contribution in [0.3, 0.4) is 0 Å². The van der Waals surface area contributed by atoms with Gasteiger partial charge in [0.1, 0.15) is 11.6 Å². The molecule has 1 heterocycles. The summed E-state index contributed by atoms with van der Waals surface area (Å²) in [5.74, 6) is 0.00947. The lowest BCUT2D eigenvalue weighted by Gasteiger charge is -2.14. The highest BCUT2D eigenvalue weighted by molar-refractivity contribution is 9.10. The third kappa shape index (κ3) is 5.43. The molecule has 0 unspecified atom stereocenters. The quantitative estimate of drug-likeness (QED) is 0.192. The van der Waals surface area contributed by atoms with Gasteiger partial charge in [0.2, 0.25) is 0 Å². The minimum Gasteiger partial charge on any atom is -0.478 e. The monoisotopic (exact) mass is 516 g/mol. The fourth-order valence-corrected chi connectivity index (χ4v) is 3.44. The fraction of sp³-hybridized carbons (Fsp3) is 0.273.